The maximum Gasteiger partial charge on any atom is 0.125 e. The van der Waals surface area contributed by atoms with Gasteiger partial charge in [-0.15, -0.1) is 11.6 Å². The van der Waals surface area contributed by atoms with Crippen molar-refractivity contribution in [2.45, 2.75) is 39.2 Å². The fourth-order valence-electron chi connectivity index (χ4n) is 3.36. The third-order valence-corrected chi connectivity index (χ3v) is 4.75. The largest absolute Gasteiger partial charge is 0.328 e. The molecular weight excluding hydrogens is 275 g/mol. The van der Waals surface area contributed by atoms with Crippen LogP contribution < -0.4 is 0 Å². The van der Waals surface area contributed by atoms with Gasteiger partial charge in [0.05, 0.1) is 11.0 Å². The van der Waals surface area contributed by atoms with Crippen molar-refractivity contribution in [1.82, 2.24) is 9.55 Å². The molecule has 1 aliphatic rings. The van der Waals surface area contributed by atoms with Gasteiger partial charge >= 0.3 is 0 Å². The number of alkyl halides is 1. The van der Waals surface area contributed by atoms with E-state index in [1.165, 1.54) is 31.4 Å². The minimum atomic E-state index is -0.228. The number of halogens is 2. The van der Waals surface area contributed by atoms with Crippen molar-refractivity contribution in [2.24, 2.45) is 11.8 Å². The predicted octanol–water partition coefficient (Wildman–Crippen LogP) is 4.39. The lowest BCUT2D eigenvalue weighted by Crippen LogP contribution is -2.15. The van der Waals surface area contributed by atoms with Gasteiger partial charge in [0.15, 0.2) is 0 Å². The van der Waals surface area contributed by atoms with Gasteiger partial charge in [-0.1, -0.05) is 19.8 Å². The van der Waals surface area contributed by atoms with Crippen molar-refractivity contribution < 1.29 is 4.39 Å². The van der Waals surface area contributed by atoms with E-state index < -0.39 is 0 Å². The van der Waals surface area contributed by atoms with Crippen molar-refractivity contribution in [3.8, 4) is 0 Å². The molecule has 1 saturated carbocycles. The number of fused-ring (bicyclic) bond motifs is 1. The van der Waals surface area contributed by atoms with Crippen LogP contribution in [0.15, 0.2) is 18.2 Å². The Bertz CT molecular complexity index is 608. The lowest BCUT2D eigenvalue weighted by atomic mass is 9.98. The van der Waals surface area contributed by atoms with Crippen LogP contribution in [0.4, 0.5) is 4.39 Å². The molecule has 2 nitrogen and oxygen atoms in total. The molecule has 0 bridgehead atoms. The Morgan fingerprint density at radius 3 is 2.95 bits per heavy atom. The van der Waals surface area contributed by atoms with Crippen LogP contribution in [0.5, 0.6) is 0 Å². The summed E-state index contributed by atoms with van der Waals surface area (Å²) in [5.74, 6) is 2.77. The highest BCUT2D eigenvalue weighted by Crippen LogP contribution is 2.33. The van der Waals surface area contributed by atoms with Gasteiger partial charge in [0.25, 0.3) is 0 Å². The number of hydrogen-bond donors (Lipinski definition) is 0. The van der Waals surface area contributed by atoms with Crippen LogP contribution in [0.2, 0.25) is 0 Å². The monoisotopic (exact) mass is 294 g/mol. The summed E-state index contributed by atoms with van der Waals surface area (Å²) in [6.07, 6.45) is 4.65. The summed E-state index contributed by atoms with van der Waals surface area (Å²) in [7, 11) is 0. The number of hydrogen-bond acceptors (Lipinski definition) is 1. The standard InChI is InChI=1S/C16H20ClFN2/c1-11-3-2-4-12(11)10-20-15-6-5-13(18)9-14(15)19-16(20)7-8-17/h5-6,9,11-12H,2-4,7-8,10H2,1H3. The van der Waals surface area contributed by atoms with E-state index in [0.29, 0.717) is 11.8 Å². The maximum absolute atomic E-state index is 13.4. The molecule has 2 aromatic rings. The quantitative estimate of drug-likeness (QED) is 0.765. The second kappa shape index (κ2) is 5.72. The Balaban J connectivity index is 1.99. The van der Waals surface area contributed by atoms with Crippen molar-refractivity contribution in [2.75, 3.05) is 5.88 Å². The van der Waals surface area contributed by atoms with Crippen LogP contribution in [0.3, 0.4) is 0 Å². The van der Waals surface area contributed by atoms with Gasteiger partial charge in [0.1, 0.15) is 11.6 Å². The fraction of sp³-hybridized carbons (Fsp3) is 0.562. The van der Waals surface area contributed by atoms with E-state index in [-0.39, 0.29) is 5.82 Å². The molecule has 0 amide bonds. The molecular formula is C16H20ClFN2. The minimum absolute atomic E-state index is 0.228. The van der Waals surface area contributed by atoms with Gasteiger partial charge in [-0.25, -0.2) is 9.37 Å². The third kappa shape index (κ3) is 2.56. The Labute approximate surface area is 123 Å². The van der Waals surface area contributed by atoms with Crippen molar-refractivity contribution in [3.05, 3.63) is 29.8 Å². The van der Waals surface area contributed by atoms with Gasteiger partial charge in [-0.2, -0.15) is 0 Å². The zero-order valence-corrected chi connectivity index (χ0v) is 12.5. The highest BCUT2D eigenvalue weighted by atomic mass is 35.5. The third-order valence-electron chi connectivity index (χ3n) is 4.56. The molecule has 1 aromatic heterocycles. The predicted molar refractivity (Wildman–Crippen MR) is 80.6 cm³/mol. The van der Waals surface area contributed by atoms with E-state index in [4.69, 9.17) is 11.6 Å². The Kier molecular flexibility index (Phi) is 3.97. The van der Waals surface area contributed by atoms with E-state index in [1.54, 1.807) is 0 Å². The van der Waals surface area contributed by atoms with Crippen LogP contribution in [0.1, 0.15) is 32.0 Å². The number of benzene rings is 1. The minimum Gasteiger partial charge on any atom is -0.328 e. The summed E-state index contributed by atoms with van der Waals surface area (Å²) in [4.78, 5) is 4.57. The summed E-state index contributed by atoms with van der Waals surface area (Å²) < 4.78 is 15.6. The number of imidazole rings is 1. The second-order valence-corrected chi connectivity index (χ2v) is 6.26. The number of aryl methyl sites for hydroxylation is 1. The molecule has 108 valence electrons. The van der Waals surface area contributed by atoms with Crippen LogP contribution in [-0.4, -0.2) is 15.4 Å². The van der Waals surface area contributed by atoms with Crippen molar-refractivity contribution >= 4 is 22.6 Å². The average Bonchev–Trinajstić information content (AvgIpc) is 2.96. The molecule has 0 spiro atoms. The lowest BCUT2D eigenvalue weighted by Gasteiger charge is -2.18. The molecule has 1 heterocycles. The van der Waals surface area contributed by atoms with E-state index in [2.05, 4.69) is 16.5 Å². The van der Waals surface area contributed by atoms with Gasteiger partial charge in [0.2, 0.25) is 0 Å². The van der Waals surface area contributed by atoms with E-state index >= 15 is 0 Å². The first-order valence-corrected chi connectivity index (χ1v) is 7.93. The Hall–Kier alpha value is -1.09. The first kappa shape index (κ1) is 13.9. The SMILES string of the molecule is CC1CCCC1Cn1c(CCCl)nc2cc(F)ccc21. The second-order valence-electron chi connectivity index (χ2n) is 5.88. The number of aromatic nitrogens is 2. The lowest BCUT2D eigenvalue weighted by molar-refractivity contribution is 0.363. The summed E-state index contributed by atoms with van der Waals surface area (Å²) in [5.41, 5.74) is 1.78. The van der Waals surface area contributed by atoms with Gasteiger partial charge in [-0.05, 0) is 30.4 Å². The van der Waals surface area contributed by atoms with Gasteiger partial charge in [0, 0.05) is 24.9 Å². The van der Waals surface area contributed by atoms with Gasteiger partial charge < -0.3 is 4.57 Å². The molecule has 0 radical (unpaired) electrons. The van der Waals surface area contributed by atoms with Crippen LogP contribution in [0, 0.1) is 17.7 Å². The summed E-state index contributed by atoms with van der Waals surface area (Å²) in [6, 6.07) is 4.87. The molecule has 2 unspecified atom stereocenters. The highest BCUT2D eigenvalue weighted by Gasteiger charge is 2.25. The average molecular weight is 295 g/mol. The van der Waals surface area contributed by atoms with Crippen LogP contribution in [-0.2, 0) is 13.0 Å². The normalized spacial score (nSPS) is 22.8. The van der Waals surface area contributed by atoms with E-state index in [1.807, 2.05) is 6.07 Å². The van der Waals surface area contributed by atoms with Crippen molar-refractivity contribution in [1.29, 1.82) is 0 Å². The fourth-order valence-corrected chi connectivity index (χ4v) is 3.53. The molecule has 1 aromatic carbocycles. The first-order chi connectivity index (χ1) is 9.69. The molecule has 2 atom stereocenters. The van der Waals surface area contributed by atoms with E-state index in [0.717, 1.165) is 35.7 Å². The topological polar surface area (TPSA) is 17.8 Å². The molecule has 0 aliphatic heterocycles. The Morgan fingerprint density at radius 1 is 1.40 bits per heavy atom. The molecule has 3 rings (SSSR count). The first-order valence-electron chi connectivity index (χ1n) is 7.39. The van der Waals surface area contributed by atoms with Gasteiger partial charge in [-0.3, -0.25) is 0 Å². The Morgan fingerprint density at radius 2 is 2.25 bits per heavy atom. The molecule has 20 heavy (non-hydrogen) atoms. The number of rotatable bonds is 4. The summed E-state index contributed by atoms with van der Waals surface area (Å²) in [5, 5.41) is 0. The zero-order chi connectivity index (χ0) is 14.1. The van der Waals surface area contributed by atoms with Crippen molar-refractivity contribution in [3.63, 3.8) is 0 Å². The highest BCUT2D eigenvalue weighted by molar-refractivity contribution is 6.17. The molecule has 0 saturated heterocycles. The smallest absolute Gasteiger partial charge is 0.125 e. The van der Waals surface area contributed by atoms with E-state index in [9.17, 15) is 4.39 Å². The van der Waals surface area contributed by atoms with Crippen LogP contribution in [0.25, 0.3) is 11.0 Å². The number of nitrogens with zero attached hydrogens (tertiary/aromatic N) is 2. The molecule has 4 heteroatoms. The van der Waals surface area contributed by atoms with Crippen LogP contribution >= 0.6 is 11.6 Å². The summed E-state index contributed by atoms with van der Waals surface area (Å²) >= 11 is 5.88. The molecule has 1 aliphatic carbocycles. The molecule has 1 fully saturated rings. The summed E-state index contributed by atoms with van der Waals surface area (Å²) in [6.45, 7) is 3.31. The zero-order valence-electron chi connectivity index (χ0n) is 11.8. The maximum atomic E-state index is 13.4. The molecule has 0 N–H and O–H groups in total.